The second-order valence-electron chi connectivity index (χ2n) is 5.30. The van der Waals surface area contributed by atoms with Crippen LogP contribution in [0.15, 0.2) is 25.9 Å². The summed E-state index contributed by atoms with van der Waals surface area (Å²) in [7, 11) is 0.283. The smallest absolute Gasteiger partial charge is 0.347 e. The maximum absolute atomic E-state index is 11.4. The van der Waals surface area contributed by atoms with Gasteiger partial charge in [0.25, 0.3) is 5.90 Å². The van der Waals surface area contributed by atoms with Crippen LogP contribution in [-0.4, -0.2) is 58.1 Å². The van der Waals surface area contributed by atoms with Crippen LogP contribution in [0.25, 0.3) is 0 Å². The van der Waals surface area contributed by atoms with Crippen molar-refractivity contribution in [2.24, 2.45) is 9.39 Å². The molecular weight excluding hydrogens is 352 g/mol. The van der Waals surface area contributed by atoms with E-state index in [1.165, 1.54) is 0 Å². The summed E-state index contributed by atoms with van der Waals surface area (Å²) in [4.78, 5) is 6.25. The van der Waals surface area contributed by atoms with Crippen LogP contribution in [0.5, 0.6) is 0 Å². The maximum atomic E-state index is 11.4. The molecule has 0 saturated heterocycles. The van der Waals surface area contributed by atoms with Crippen LogP contribution >= 0.6 is 11.8 Å². The van der Waals surface area contributed by atoms with E-state index < -0.39 is 10.2 Å². The first kappa shape index (κ1) is 18.8. The number of nitrogens with zero attached hydrogens (tertiary/aromatic N) is 3. The number of hydrogen-bond donors (Lipinski definition) is 1. The zero-order valence-corrected chi connectivity index (χ0v) is 15.6. The molecule has 0 saturated carbocycles. The van der Waals surface area contributed by atoms with Gasteiger partial charge in [-0.05, 0) is 33.2 Å². The van der Waals surface area contributed by atoms with Gasteiger partial charge in [0.05, 0.1) is 25.4 Å². The van der Waals surface area contributed by atoms with E-state index in [4.69, 9.17) is 9.15 Å². The van der Waals surface area contributed by atoms with Crippen molar-refractivity contribution in [2.75, 3.05) is 33.0 Å². The van der Waals surface area contributed by atoms with E-state index >= 15 is 0 Å². The third-order valence-corrected chi connectivity index (χ3v) is 4.67. The first-order chi connectivity index (χ1) is 11.4. The summed E-state index contributed by atoms with van der Waals surface area (Å²) in [5.41, 5.74) is 0. The Hall–Kier alpha value is -1.52. The van der Waals surface area contributed by atoms with Crippen molar-refractivity contribution in [1.29, 1.82) is 0 Å². The Labute approximate surface area is 146 Å². The summed E-state index contributed by atoms with van der Waals surface area (Å²) in [6.45, 7) is 3.32. The third kappa shape index (κ3) is 5.84. The largest absolute Gasteiger partial charge is 0.475 e. The van der Waals surface area contributed by atoms with Crippen LogP contribution in [0.3, 0.4) is 0 Å². The average Bonchev–Trinajstić information content (AvgIpc) is 3.02. The summed E-state index contributed by atoms with van der Waals surface area (Å²) < 4.78 is 39.4. The molecular formula is C14H22N4O4S2. The predicted octanol–water partition coefficient (Wildman–Crippen LogP) is 1.26. The fraction of sp³-hybridized carbons (Fsp3) is 0.571. The van der Waals surface area contributed by atoms with E-state index in [9.17, 15) is 8.42 Å². The van der Waals surface area contributed by atoms with Gasteiger partial charge >= 0.3 is 10.2 Å². The van der Waals surface area contributed by atoms with Crippen molar-refractivity contribution in [3.8, 4) is 0 Å². The van der Waals surface area contributed by atoms with Gasteiger partial charge < -0.3 is 14.1 Å². The minimum Gasteiger partial charge on any atom is -0.475 e. The molecule has 1 aliphatic heterocycles. The summed E-state index contributed by atoms with van der Waals surface area (Å²) >= 11 is 1.66. The van der Waals surface area contributed by atoms with Crippen molar-refractivity contribution in [2.45, 2.75) is 19.2 Å². The van der Waals surface area contributed by atoms with Gasteiger partial charge in [-0.3, -0.25) is 4.99 Å². The van der Waals surface area contributed by atoms with Crippen molar-refractivity contribution in [3.63, 3.8) is 0 Å². The molecule has 1 N–H and O–H groups in total. The first-order valence-electron chi connectivity index (χ1n) is 7.50. The number of hydrogen-bond acceptors (Lipinski definition) is 7. The molecule has 0 spiro atoms. The number of amidine groups is 1. The molecule has 24 heavy (non-hydrogen) atoms. The SMILES string of the molecule is CCOC1=NS(=O)(=O)NC1=NCCSCc1ccc(CN(C)C)o1. The van der Waals surface area contributed by atoms with Gasteiger partial charge in [0.1, 0.15) is 11.5 Å². The molecule has 0 aliphatic carbocycles. The molecule has 0 fully saturated rings. The van der Waals surface area contributed by atoms with E-state index in [0.717, 1.165) is 29.6 Å². The molecule has 0 amide bonds. The summed E-state index contributed by atoms with van der Waals surface area (Å²) in [6, 6.07) is 3.96. The second-order valence-corrected chi connectivity index (χ2v) is 7.74. The van der Waals surface area contributed by atoms with E-state index in [1.54, 1.807) is 18.7 Å². The van der Waals surface area contributed by atoms with Crippen LogP contribution in [-0.2, 0) is 27.2 Å². The summed E-state index contributed by atoms with van der Waals surface area (Å²) in [6.07, 6.45) is 0. The Balaban J connectivity index is 1.76. The van der Waals surface area contributed by atoms with E-state index in [0.29, 0.717) is 13.2 Å². The highest BCUT2D eigenvalue weighted by Gasteiger charge is 2.27. The number of thioether (sulfide) groups is 1. The molecule has 0 atom stereocenters. The Kier molecular flexibility index (Phi) is 6.69. The minimum atomic E-state index is -3.70. The molecule has 8 nitrogen and oxygen atoms in total. The van der Waals surface area contributed by atoms with Crippen LogP contribution in [0.2, 0.25) is 0 Å². The lowest BCUT2D eigenvalue weighted by Crippen LogP contribution is -2.28. The number of aliphatic imine (C=N–C) groups is 1. The highest BCUT2D eigenvalue weighted by molar-refractivity contribution is 7.98. The fourth-order valence-corrected chi connectivity index (χ4v) is 3.48. The number of rotatable bonds is 8. The third-order valence-electron chi connectivity index (χ3n) is 2.85. The standard InChI is InChI=1S/C14H22N4O4S2/c1-4-21-14-13(16-24(19,20)17-14)15-7-8-23-10-12-6-5-11(22-12)9-18(2)3/h5-6H,4,7-10H2,1-3H3,(H,15,16). The zero-order valence-electron chi connectivity index (χ0n) is 14.0. The molecule has 0 radical (unpaired) electrons. The van der Waals surface area contributed by atoms with Crippen LogP contribution in [0.4, 0.5) is 0 Å². The van der Waals surface area contributed by atoms with Gasteiger partial charge in [-0.15, -0.1) is 4.40 Å². The van der Waals surface area contributed by atoms with Gasteiger partial charge in [0.15, 0.2) is 0 Å². The molecule has 10 heteroatoms. The van der Waals surface area contributed by atoms with Crippen molar-refractivity contribution >= 4 is 33.7 Å². The summed E-state index contributed by atoms with van der Waals surface area (Å²) in [5, 5.41) is 0. The lowest BCUT2D eigenvalue weighted by Gasteiger charge is -2.05. The Morgan fingerprint density at radius 2 is 2.12 bits per heavy atom. The lowest BCUT2D eigenvalue weighted by molar-refractivity contribution is 0.335. The maximum Gasteiger partial charge on any atom is 0.347 e. The van der Waals surface area contributed by atoms with Gasteiger partial charge in [-0.25, -0.2) is 4.72 Å². The fourth-order valence-electron chi connectivity index (χ4n) is 1.96. The topological polar surface area (TPSA) is 96.5 Å². The zero-order chi connectivity index (χ0) is 17.6. The van der Waals surface area contributed by atoms with E-state index in [2.05, 4.69) is 14.1 Å². The van der Waals surface area contributed by atoms with E-state index in [-0.39, 0.29) is 11.7 Å². The molecule has 0 aromatic carbocycles. The molecule has 0 unspecified atom stereocenters. The molecule has 2 heterocycles. The molecule has 0 bridgehead atoms. The van der Waals surface area contributed by atoms with Gasteiger partial charge in [-0.2, -0.15) is 20.2 Å². The Morgan fingerprint density at radius 3 is 2.83 bits per heavy atom. The highest BCUT2D eigenvalue weighted by atomic mass is 32.2. The second kappa shape index (κ2) is 8.54. The predicted molar refractivity (Wildman–Crippen MR) is 95.7 cm³/mol. The normalized spacial score (nSPS) is 18.0. The highest BCUT2D eigenvalue weighted by Crippen LogP contribution is 2.16. The lowest BCUT2D eigenvalue weighted by atomic mass is 10.4. The van der Waals surface area contributed by atoms with Crippen molar-refractivity contribution < 1.29 is 17.6 Å². The van der Waals surface area contributed by atoms with Crippen LogP contribution in [0.1, 0.15) is 18.4 Å². The monoisotopic (exact) mass is 374 g/mol. The minimum absolute atomic E-state index is 0.0295. The molecule has 2 rings (SSSR count). The van der Waals surface area contributed by atoms with Gasteiger partial charge in [0, 0.05) is 5.75 Å². The van der Waals surface area contributed by atoms with Crippen molar-refractivity contribution in [1.82, 2.24) is 9.62 Å². The van der Waals surface area contributed by atoms with E-state index in [1.807, 2.05) is 31.1 Å². The number of nitrogens with one attached hydrogen (secondary N) is 1. The van der Waals surface area contributed by atoms with Crippen LogP contribution in [0, 0.1) is 0 Å². The molecule has 134 valence electrons. The van der Waals surface area contributed by atoms with Gasteiger partial charge in [0.2, 0.25) is 5.84 Å². The molecule has 1 aromatic rings. The van der Waals surface area contributed by atoms with Gasteiger partial charge in [-0.1, -0.05) is 0 Å². The number of ether oxygens (including phenoxy) is 1. The quantitative estimate of drug-likeness (QED) is 0.688. The first-order valence-corrected chi connectivity index (χ1v) is 10.1. The van der Waals surface area contributed by atoms with Crippen molar-refractivity contribution in [3.05, 3.63) is 23.7 Å². The van der Waals surface area contributed by atoms with Crippen LogP contribution < -0.4 is 4.72 Å². The average molecular weight is 374 g/mol. The molecule has 1 aromatic heterocycles. The number of furan rings is 1. The Morgan fingerprint density at radius 1 is 1.38 bits per heavy atom. The summed E-state index contributed by atoms with van der Waals surface area (Å²) in [5.74, 6) is 3.53. The Bertz CT molecular complexity index is 710. The molecule has 1 aliphatic rings.